The highest BCUT2D eigenvalue weighted by Gasteiger charge is 2.43. The van der Waals surface area contributed by atoms with Crippen LogP contribution in [-0.2, 0) is 10.8 Å². The van der Waals surface area contributed by atoms with Crippen molar-refractivity contribution in [3.8, 4) is 22.3 Å². The number of fused-ring (bicyclic) bond motifs is 6. The Bertz CT molecular complexity index is 3410. The average molecular weight is 842 g/mol. The quantitative estimate of drug-likeness (QED) is 0.103. The van der Waals surface area contributed by atoms with E-state index < -0.39 is 5.41 Å². The number of nitrogens with zero attached hydrogens (tertiary/aromatic N) is 1. The number of benzene rings is 11. The Balaban J connectivity index is 1.20. The molecular formula is C65H47N. The molecule has 312 valence electrons. The van der Waals surface area contributed by atoms with Crippen LogP contribution in [0.4, 0.5) is 17.1 Å². The predicted molar refractivity (Wildman–Crippen MR) is 277 cm³/mol. The highest BCUT2D eigenvalue weighted by atomic mass is 15.2. The SMILES string of the molecule is CC1(c2ccccc2)c2ccccc2-c2c(N(c3ccc(C(c4ccccc4)(c4ccccc4)c4ccccc4)cc3)c3c(-c4ccccc4)c4ccccc4c4ccccc34)cccc21. The molecular weight excluding hydrogens is 795 g/mol. The lowest BCUT2D eigenvalue weighted by Crippen LogP contribution is -2.31. The zero-order valence-electron chi connectivity index (χ0n) is 36.9. The monoisotopic (exact) mass is 841 g/mol. The van der Waals surface area contributed by atoms with E-state index in [0.717, 1.165) is 17.1 Å². The summed E-state index contributed by atoms with van der Waals surface area (Å²) >= 11 is 0. The van der Waals surface area contributed by atoms with Crippen molar-refractivity contribution < 1.29 is 0 Å². The van der Waals surface area contributed by atoms with Gasteiger partial charge in [-0.15, -0.1) is 0 Å². The Morgan fingerprint density at radius 1 is 0.333 bits per heavy atom. The number of hydrogen-bond donors (Lipinski definition) is 0. The van der Waals surface area contributed by atoms with Gasteiger partial charge in [-0.3, -0.25) is 0 Å². The maximum atomic E-state index is 2.59. The van der Waals surface area contributed by atoms with Gasteiger partial charge in [0.25, 0.3) is 0 Å². The second-order valence-corrected chi connectivity index (χ2v) is 17.6. The molecule has 0 radical (unpaired) electrons. The van der Waals surface area contributed by atoms with Gasteiger partial charge in [0.2, 0.25) is 0 Å². The van der Waals surface area contributed by atoms with E-state index in [9.17, 15) is 0 Å². The topological polar surface area (TPSA) is 3.24 Å². The van der Waals surface area contributed by atoms with Gasteiger partial charge in [-0.1, -0.05) is 249 Å². The molecule has 0 aliphatic heterocycles. The van der Waals surface area contributed by atoms with Crippen molar-refractivity contribution in [2.75, 3.05) is 4.90 Å². The molecule has 0 amide bonds. The van der Waals surface area contributed by atoms with Crippen molar-refractivity contribution in [3.63, 3.8) is 0 Å². The van der Waals surface area contributed by atoms with Crippen molar-refractivity contribution in [2.24, 2.45) is 0 Å². The third kappa shape index (κ3) is 6.01. The second-order valence-electron chi connectivity index (χ2n) is 17.6. The molecule has 1 aliphatic carbocycles. The van der Waals surface area contributed by atoms with Crippen LogP contribution in [0.3, 0.4) is 0 Å². The van der Waals surface area contributed by atoms with E-state index in [-0.39, 0.29) is 5.41 Å². The van der Waals surface area contributed by atoms with Gasteiger partial charge < -0.3 is 4.90 Å². The molecule has 0 aromatic heterocycles. The van der Waals surface area contributed by atoms with Gasteiger partial charge in [0.15, 0.2) is 0 Å². The number of hydrogen-bond acceptors (Lipinski definition) is 1. The minimum Gasteiger partial charge on any atom is -0.309 e. The lowest BCUT2D eigenvalue weighted by Gasteiger charge is -2.37. The maximum absolute atomic E-state index is 2.59. The van der Waals surface area contributed by atoms with Crippen LogP contribution in [0.2, 0.25) is 0 Å². The molecule has 11 aromatic rings. The van der Waals surface area contributed by atoms with Gasteiger partial charge in [-0.05, 0) is 91.4 Å². The van der Waals surface area contributed by atoms with Crippen molar-refractivity contribution >= 4 is 38.6 Å². The molecule has 1 atom stereocenters. The summed E-state index contributed by atoms with van der Waals surface area (Å²) in [6.45, 7) is 2.41. The minimum absolute atomic E-state index is 0.368. The number of anilines is 3. The van der Waals surface area contributed by atoms with Crippen LogP contribution < -0.4 is 4.90 Å². The fraction of sp³-hybridized carbons (Fsp3) is 0.0462. The molecule has 0 fully saturated rings. The molecule has 1 unspecified atom stereocenters. The average Bonchev–Trinajstić information content (AvgIpc) is 3.67. The van der Waals surface area contributed by atoms with E-state index in [2.05, 4.69) is 279 Å². The van der Waals surface area contributed by atoms with E-state index in [1.54, 1.807) is 0 Å². The Kier molecular flexibility index (Phi) is 9.58. The molecule has 0 spiro atoms. The molecule has 1 heteroatoms. The second kappa shape index (κ2) is 16.1. The summed E-state index contributed by atoms with van der Waals surface area (Å²) in [6, 6.07) is 98.5. The number of rotatable bonds is 9. The molecule has 0 saturated heterocycles. The van der Waals surface area contributed by atoms with Gasteiger partial charge >= 0.3 is 0 Å². The van der Waals surface area contributed by atoms with E-state index in [0.29, 0.717) is 0 Å². The van der Waals surface area contributed by atoms with E-state index >= 15 is 0 Å². The van der Waals surface area contributed by atoms with Gasteiger partial charge in [-0.25, -0.2) is 0 Å². The van der Waals surface area contributed by atoms with Crippen LogP contribution in [0, 0.1) is 0 Å². The normalized spacial score (nSPS) is 14.2. The van der Waals surface area contributed by atoms with Crippen molar-refractivity contribution in [1.29, 1.82) is 0 Å². The molecule has 1 aliphatic rings. The van der Waals surface area contributed by atoms with Crippen LogP contribution in [0.15, 0.2) is 267 Å². The smallest absolute Gasteiger partial charge is 0.0701 e. The Morgan fingerprint density at radius 3 is 1.36 bits per heavy atom. The molecule has 0 saturated carbocycles. The molecule has 0 heterocycles. The van der Waals surface area contributed by atoms with E-state index in [4.69, 9.17) is 0 Å². The molecule has 66 heavy (non-hydrogen) atoms. The maximum Gasteiger partial charge on any atom is 0.0701 e. The summed E-state index contributed by atoms with van der Waals surface area (Å²) in [5.41, 5.74) is 16.1. The van der Waals surface area contributed by atoms with Gasteiger partial charge in [0.1, 0.15) is 0 Å². The summed E-state index contributed by atoms with van der Waals surface area (Å²) < 4.78 is 0. The fourth-order valence-corrected chi connectivity index (χ4v) is 11.4. The van der Waals surface area contributed by atoms with Crippen LogP contribution in [0.5, 0.6) is 0 Å². The molecule has 11 aromatic carbocycles. The minimum atomic E-state index is -0.581. The zero-order valence-corrected chi connectivity index (χ0v) is 36.9. The standard InChI is InChI=1S/C65H47N/c1-64(47-26-9-3-10-27-47)58-39-22-21-38-57(58)62-59(64)40-23-41-60(62)66(63-56-37-20-18-35-54(56)53-34-17-19-36-55(53)61(63)46-24-7-2-8-25-46)52-44-42-51(43-45-52)65(48-28-11-4-12-29-48,49-30-13-5-14-31-49)50-32-15-6-16-33-50/h2-45H,1H3. The Labute approximate surface area is 387 Å². The van der Waals surface area contributed by atoms with E-state index in [1.165, 1.54) is 82.7 Å². The Morgan fingerprint density at radius 2 is 0.773 bits per heavy atom. The first-order valence-electron chi connectivity index (χ1n) is 23.0. The Hall–Kier alpha value is -8.26. The summed E-state index contributed by atoms with van der Waals surface area (Å²) in [5, 5.41) is 4.88. The van der Waals surface area contributed by atoms with E-state index in [1.807, 2.05) is 0 Å². The van der Waals surface area contributed by atoms with Crippen LogP contribution >= 0.6 is 0 Å². The highest BCUT2D eigenvalue weighted by molar-refractivity contribution is 6.23. The first kappa shape index (κ1) is 39.3. The lowest BCUT2D eigenvalue weighted by molar-refractivity contribution is 0.714. The van der Waals surface area contributed by atoms with Gasteiger partial charge in [0.05, 0.1) is 16.8 Å². The predicted octanol–water partition coefficient (Wildman–Crippen LogP) is 16.8. The summed E-state index contributed by atoms with van der Waals surface area (Å²) in [4.78, 5) is 2.59. The van der Waals surface area contributed by atoms with Crippen LogP contribution in [0.1, 0.15) is 45.9 Å². The fourth-order valence-electron chi connectivity index (χ4n) is 11.4. The van der Waals surface area contributed by atoms with Crippen LogP contribution in [0.25, 0.3) is 43.8 Å². The van der Waals surface area contributed by atoms with Gasteiger partial charge in [0, 0.05) is 27.6 Å². The largest absolute Gasteiger partial charge is 0.309 e. The zero-order chi connectivity index (χ0) is 44.1. The first-order valence-corrected chi connectivity index (χ1v) is 23.0. The van der Waals surface area contributed by atoms with Crippen molar-refractivity contribution in [2.45, 2.75) is 17.8 Å². The third-order valence-corrected chi connectivity index (χ3v) is 14.3. The first-order chi connectivity index (χ1) is 32.7. The lowest BCUT2D eigenvalue weighted by atomic mass is 9.65. The molecule has 0 N–H and O–H groups in total. The van der Waals surface area contributed by atoms with Crippen LogP contribution in [-0.4, -0.2) is 0 Å². The summed E-state index contributed by atoms with van der Waals surface area (Å²) in [7, 11) is 0. The summed E-state index contributed by atoms with van der Waals surface area (Å²) in [6.07, 6.45) is 0. The molecule has 1 nitrogen and oxygen atoms in total. The highest BCUT2D eigenvalue weighted by Crippen LogP contribution is 2.59. The molecule has 0 bridgehead atoms. The van der Waals surface area contributed by atoms with Crippen molar-refractivity contribution in [1.82, 2.24) is 0 Å². The summed E-state index contributed by atoms with van der Waals surface area (Å²) in [5.74, 6) is 0. The molecule has 12 rings (SSSR count). The third-order valence-electron chi connectivity index (χ3n) is 14.3. The van der Waals surface area contributed by atoms with Gasteiger partial charge in [-0.2, -0.15) is 0 Å². The van der Waals surface area contributed by atoms with Crippen molar-refractivity contribution in [3.05, 3.63) is 306 Å².